The second-order valence-electron chi connectivity index (χ2n) is 6.46. The van der Waals surface area contributed by atoms with Crippen LogP contribution in [0.3, 0.4) is 0 Å². The number of hydrogen-bond acceptors (Lipinski definition) is 2. The lowest BCUT2D eigenvalue weighted by Crippen LogP contribution is -2.56. The standard InChI is InChI=1S/C15H26N2O3/c1-15(13(18)19,12-7-8-12)17-14(20)16-10-9-11-5-3-2-4-6-11/h11-12H,2-10H2,1H3,(H,18,19)(H2,16,17,20). The zero-order chi connectivity index (χ0) is 14.6. The lowest BCUT2D eigenvalue weighted by molar-refractivity contribution is -0.144. The summed E-state index contributed by atoms with van der Waals surface area (Å²) in [4.78, 5) is 23.2. The number of rotatable bonds is 6. The van der Waals surface area contributed by atoms with Crippen LogP contribution in [0.25, 0.3) is 0 Å². The molecule has 0 aromatic carbocycles. The largest absolute Gasteiger partial charge is 0.480 e. The number of carboxylic acids is 1. The first kappa shape index (κ1) is 15.1. The number of aliphatic carboxylic acids is 1. The Kier molecular flexibility index (Phi) is 4.89. The van der Waals surface area contributed by atoms with Gasteiger partial charge in [-0.2, -0.15) is 0 Å². The van der Waals surface area contributed by atoms with Crippen molar-refractivity contribution in [2.45, 2.75) is 63.8 Å². The van der Waals surface area contributed by atoms with Crippen LogP contribution in [-0.2, 0) is 4.79 Å². The second-order valence-corrected chi connectivity index (χ2v) is 6.46. The minimum Gasteiger partial charge on any atom is -0.480 e. The Morgan fingerprint density at radius 1 is 1.15 bits per heavy atom. The fourth-order valence-electron chi connectivity index (χ4n) is 3.14. The Hall–Kier alpha value is -1.26. The monoisotopic (exact) mass is 282 g/mol. The van der Waals surface area contributed by atoms with E-state index in [0.717, 1.165) is 25.2 Å². The molecule has 2 amide bonds. The van der Waals surface area contributed by atoms with Gasteiger partial charge in [-0.25, -0.2) is 9.59 Å². The van der Waals surface area contributed by atoms with E-state index in [1.807, 2.05) is 0 Å². The van der Waals surface area contributed by atoms with E-state index in [9.17, 15) is 14.7 Å². The molecule has 0 bridgehead atoms. The summed E-state index contributed by atoms with van der Waals surface area (Å²) >= 11 is 0. The molecule has 0 aliphatic heterocycles. The van der Waals surface area contributed by atoms with Gasteiger partial charge in [0.05, 0.1) is 0 Å². The summed E-state index contributed by atoms with van der Waals surface area (Å²) in [6.07, 6.45) is 9.22. The van der Waals surface area contributed by atoms with Crippen LogP contribution < -0.4 is 10.6 Å². The molecule has 1 atom stereocenters. The number of carbonyl (C=O) groups excluding carboxylic acids is 1. The van der Waals surface area contributed by atoms with E-state index in [4.69, 9.17) is 0 Å². The molecule has 0 spiro atoms. The Morgan fingerprint density at radius 2 is 1.80 bits per heavy atom. The number of hydrogen-bond donors (Lipinski definition) is 3. The van der Waals surface area contributed by atoms with Crippen LogP contribution in [0.5, 0.6) is 0 Å². The fraction of sp³-hybridized carbons (Fsp3) is 0.867. The van der Waals surface area contributed by atoms with Gasteiger partial charge in [-0.1, -0.05) is 32.1 Å². The predicted molar refractivity (Wildman–Crippen MR) is 76.5 cm³/mol. The maximum Gasteiger partial charge on any atom is 0.329 e. The molecule has 5 heteroatoms. The van der Waals surface area contributed by atoms with Crippen molar-refractivity contribution in [3.8, 4) is 0 Å². The van der Waals surface area contributed by atoms with Crippen molar-refractivity contribution in [3.63, 3.8) is 0 Å². The van der Waals surface area contributed by atoms with E-state index in [2.05, 4.69) is 10.6 Å². The molecule has 2 fully saturated rings. The third-order valence-corrected chi connectivity index (χ3v) is 4.77. The smallest absolute Gasteiger partial charge is 0.329 e. The molecule has 0 radical (unpaired) electrons. The summed E-state index contributed by atoms with van der Waals surface area (Å²) in [6, 6.07) is -0.349. The molecule has 2 aliphatic rings. The summed E-state index contributed by atoms with van der Waals surface area (Å²) < 4.78 is 0. The van der Waals surface area contributed by atoms with Gasteiger partial charge in [0.1, 0.15) is 5.54 Å². The van der Waals surface area contributed by atoms with E-state index in [0.29, 0.717) is 6.54 Å². The Morgan fingerprint density at radius 3 is 2.35 bits per heavy atom. The highest BCUT2D eigenvalue weighted by Crippen LogP contribution is 2.39. The lowest BCUT2D eigenvalue weighted by Gasteiger charge is -2.26. The van der Waals surface area contributed by atoms with Gasteiger partial charge in [0.15, 0.2) is 0 Å². The van der Waals surface area contributed by atoms with Crippen LogP contribution in [0.15, 0.2) is 0 Å². The Bertz CT molecular complexity index is 362. The van der Waals surface area contributed by atoms with Crippen LogP contribution in [0.4, 0.5) is 4.79 Å². The predicted octanol–water partition coefficient (Wildman–Crippen LogP) is 2.51. The van der Waals surface area contributed by atoms with Crippen molar-refractivity contribution < 1.29 is 14.7 Å². The van der Waals surface area contributed by atoms with E-state index in [1.54, 1.807) is 6.92 Å². The first-order valence-electron chi connectivity index (χ1n) is 7.82. The van der Waals surface area contributed by atoms with Gasteiger partial charge < -0.3 is 15.7 Å². The van der Waals surface area contributed by atoms with Gasteiger partial charge in [0.2, 0.25) is 0 Å². The first-order valence-corrected chi connectivity index (χ1v) is 7.82. The quantitative estimate of drug-likeness (QED) is 0.700. The molecule has 2 saturated carbocycles. The van der Waals surface area contributed by atoms with Crippen molar-refractivity contribution in [2.24, 2.45) is 11.8 Å². The van der Waals surface area contributed by atoms with Crippen molar-refractivity contribution >= 4 is 12.0 Å². The van der Waals surface area contributed by atoms with Crippen molar-refractivity contribution in [1.29, 1.82) is 0 Å². The third kappa shape index (κ3) is 3.87. The SMILES string of the molecule is CC(NC(=O)NCCC1CCCCC1)(C(=O)O)C1CC1. The molecule has 3 N–H and O–H groups in total. The summed E-state index contributed by atoms with van der Waals surface area (Å²) in [5.74, 6) is -0.148. The van der Waals surface area contributed by atoms with Gasteiger partial charge >= 0.3 is 12.0 Å². The molecular weight excluding hydrogens is 256 g/mol. The molecule has 114 valence electrons. The number of urea groups is 1. The molecular formula is C15H26N2O3. The average molecular weight is 282 g/mol. The topological polar surface area (TPSA) is 78.4 Å². The fourth-order valence-corrected chi connectivity index (χ4v) is 3.14. The van der Waals surface area contributed by atoms with Gasteiger partial charge in [0, 0.05) is 6.54 Å². The zero-order valence-corrected chi connectivity index (χ0v) is 12.3. The summed E-state index contributed by atoms with van der Waals surface area (Å²) in [7, 11) is 0. The molecule has 0 saturated heterocycles. The maximum absolute atomic E-state index is 11.9. The van der Waals surface area contributed by atoms with E-state index >= 15 is 0 Å². The number of nitrogens with one attached hydrogen (secondary N) is 2. The highest BCUT2D eigenvalue weighted by molar-refractivity contribution is 5.86. The molecule has 5 nitrogen and oxygen atoms in total. The van der Waals surface area contributed by atoms with E-state index in [-0.39, 0.29) is 11.9 Å². The first-order chi connectivity index (χ1) is 9.52. The third-order valence-electron chi connectivity index (χ3n) is 4.77. The summed E-state index contributed by atoms with van der Waals surface area (Å²) in [5.41, 5.74) is -1.12. The van der Waals surface area contributed by atoms with Crippen molar-refractivity contribution in [2.75, 3.05) is 6.54 Å². The van der Waals surface area contributed by atoms with Crippen molar-refractivity contribution in [3.05, 3.63) is 0 Å². The molecule has 2 rings (SSSR count). The second kappa shape index (κ2) is 6.46. The van der Waals surface area contributed by atoms with Crippen molar-refractivity contribution in [1.82, 2.24) is 10.6 Å². The van der Waals surface area contributed by atoms with Crippen LogP contribution in [0.2, 0.25) is 0 Å². The Labute approximate surface area is 120 Å². The average Bonchev–Trinajstić information content (AvgIpc) is 3.24. The van der Waals surface area contributed by atoms with Gasteiger partial charge in [-0.05, 0) is 38.0 Å². The molecule has 0 heterocycles. The molecule has 2 aliphatic carbocycles. The number of carboxylic acid groups (broad SMARTS) is 1. The highest BCUT2D eigenvalue weighted by Gasteiger charge is 2.48. The number of carbonyl (C=O) groups is 2. The van der Waals surface area contributed by atoms with E-state index in [1.165, 1.54) is 32.1 Å². The number of amides is 2. The van der Waals surface area contributed by atoms with Crippen LogP contribution in [0, 0.1) is 11.8 Å². The van der Waals surface area contributed by atoms with Gasteiger partial charge in [-0.3, -0.25) is 0 Å². The van der Waals surface area contributed by atoms with Gasteiger partial charge in [0.25, 0.3) is 0 Å². The molecule has 0 aromatic heterocycles. The summed E-state index contributed by atoms with van der Waals surface area (Å²) in [6.45, 7) is 2.24. The minimum atomic E-state index is -1.12. The normalized spacial score (nSPS) is 22.9. The van der Waals surface area contributed by atoms with Gasteiger partial charge in [-0.15, -0.1) is 0 Å². The zero-order valence-electron chi connectivity index (χ0n) is 12.3. The molecule has 0 aromatic rings. The van der Waals surface area contributed by atoms with Crippen LogP contribution >= 0.6 is 0 Å². The minimum absolute atomic E-state index is 0.0732. The molecule has 1 unspecified atom stereocenters. The van der Waals surface area contributed by atoms with Crippen LogP contribution in [0.1, 0.15) is 58.3 Å². The molecule has 20 heavy (non-hydrogen) atoms. The highest BCUT2D eigenvalue weighted by atomic mass is 16.4. The van der Waals surface area contributed by atoms with E-state index < -0.39 is 11.5 Å². The Balaban J connectivity index is 1.70. The maximum atomic E-state index is 11.9. The summed E-state index contributed by atoms with van der Waals surface area (Å²) in [5, 5.41) is 14.7. The van der Waals surface area contributed by atoms with Crippen LogP contribution in [-0.4, -0.2) is 29.2 Å². The lowest BCUT2D eigenvalue weighted by atomic mass is 9.87.